The summed E-state index contributed by atoms with van der Waals surface area (Å²) < 4.78 is 18.1. The van der Waals surface area contributed by atoms with Gasteiger partial charge >= 0.3 is 0 Å². The third kappa shape index (κ3) is 4.38. The van der Waals surface area contributed by atoms with Gasteiger partial charge in [-0.2, -0.15) is 4.98 Å². The van der Waals surface area contributed by atoms with Crippen LogP contribution in [0.3, 0.4) is 0 Å². The van der Waals surface area contributed by atoms with E-state index in [0.29, 0.717) is 29.6 Å². The lowest BCUT2D eigenvalue weighted by Crippen LogP contribution is -2.26. The van der Waals surface area contributed by atoms with E-state index in [2.05, 4.69) is 29.3 Å². The lowest BCUT2D eigenvalue weighted by Gasteiger charge is -2.10. The SMILES string of the molecule is CC(C)CCC(=O)N[C@@H](C)c1nc(-c2ccc(F)cc2)no1. The van der Waals surface area contributed by atoms with Crippen molar-refractivity contribution in [2.24, 2.45) is 5.92 Å². The van der Waals surface area contributed by atoms with E-state index in [9.17, 15) is 9.18 Å². The van der Waals surface area contributed by atoms with Crippen LogP contribution >= 0.6 is 0 Å². The van der Waals surface area contributed by atoms with Gasteiger partial charge in [0, 0.05) is 12.0 Å². The highest BCUT2D eigenvalue weighted by atomic mass is 19.1. The monoisotopic (exact) mass is 305 g/mol. The summed E-state index contributed by atoms with van der Waals surface area (Å²) in [4.78, 5) is 16.0. The lowest BCUT2D eigenvalue weighted by molar-refractivity contribution is -0.122. The average Bonchev–Trinajstić information content (AvgIpc) is 2.96. The van der Waals surface area contributed by atoms with E-state index in [1.807, 2.05) is 0 Å². The molecule has 6 heteroatoms. The minimum atomic E-state index is -0.360. The van der Waals surface area contributed by atoms with E-state index in [1.54, 1.807) is 19.1 Å². The molecule has 1 aromatic carbocycles. The normalized spacial score (nSPS) is 12.4. The van der Waals surface area contributed by atoms with Crippen LogP contribution in [-0.4, -0.2) is 16.0 Å². The zero-order valence-corrected chi connectivity index (χ0v) is 13.0. The van der Waals surface area contributed by atoms with Crippen molar-refractivity contribution < 1.29 is 13.7 Å². The van der Waals surface area contributed by atoms with Crippen molar-refractivity contribution in [2.45, 2.75) is 39.7 Å². The van der Waals surface area contributed by atoms with Crippen LogP contribution in [0.4, 0.5) is 4.39 Å². The minimum absolute atomic E-state index is 0.0391. The van der Waals surface area contributed by atoms with Crippen molar-refractivity contribution in [1.29, 1.82) is 0 Å². The number of carbonyl (C=O) groups excluding carboxylic acids is 1. The van der Waals surface area contributed by atoms with Gasteiger partial charge in [0.25, 0.3) is 0 Å². The molecule has 5 nitrogen and oxygen atoms in total. The van der Waals surface area contributed by atoms with Crippen molar-refractivity contribution in [2.75, 3.05) is 0 Å². The molecule has 1 heterocycles. The maximum atomic E-state index is 12.9. The van der Waals surface area contributed by atoms with Gasteiger partial charge in [-0.1, -0.05) is 19.0 Å². The molecule has 2 aromatic rings. The van der Waals surface area contributed by atoms with Crippen molar-refractivity contribution in [3.8, 4) is 11.4 Å². The second-order valence-electron chi connectivity index (χ2n) is 5.68. The number of nitrogens with one attached hydrogen (secondary N) is 1. The molecule has 0 aliphatic rings. The Labute approximate surface area is 128 Å². The molecule has 0 saturated heterocycles. The smallest absolute Gasteiger partial charge is 0.249 e. The predicted octanol–water partition coefficient (Wildman–Crippen LogP) is 3.49. The molecule has 0 saturated carbocycles. The number of halogens is 1. The van der Waals surface area contributed by atoms with Gasteiger partial charge in [0.1, 0.15) is 11.9 Å². The summed E-state index contributed by atoms with van der Waals surface area (Å²) in [5, 5.41) is 6.69. The fraction of sp³-hybridized carbons (Fsp3) is 0.438. The van der Waals surface area contributed by atoms with Gasteiger partial charge in [0.05, 0.1) is 0 Å². The molecule has 118 valence electrons. The molecule has 0 aliphatic heterocycles. The first kappa shape index (κ1) is 16.1. The first-order valence-electron chi connectivity index (χ1n) is 7.34. The van der Waals surface area contributed by atoms with Crippen LogP contribution in [0.5, 0.6) is 0 Å². The summed E-state index contributed by atoms with van der Waals surface area (Å²) in [7, 11) is 0. The molecule has 0 bridgehead atoms. The van der Waals surface area contributed by atoms with E-state index in [1.165, 1.54) is 12.1 Å². The number of benzene rings is 1. The molecule has 1 atom stereocenters. The molecule has 0 unspecified atom stereocenters. The summed E-state index contributed by atoms with van der Waals surface area (Å²) in [5.74, 6) is 0.825. The lowest BCUT2D eigenvalue weighted by atomic mass is 10.1. The second-order valence-corrected chi connectivity index (χ2v) is 5.68. The van der Waals surface area contributed by atoms with Gasteiger partial charge in [-0.05, 0) is 43.5 Å². The van der Waals surface area contributed by atoms with Crippen molar-refractivity contribution in [1.82, 2.24) is 15.5 Å². The Morgan fingerprint density at radius 3 is 2.59 bits per heavy atom. The van der Waals surface area contributed by atoms with Gasteiger partial charge in [0.2, 0.25) is 17.6 Å². The maximum Gasteiger partial charge on any atom is 0.249 e. The van der Waals surface area contributed by atoms with Crippen LogP contribution in [0, 0.1) is 11.7 Å². The third-order valence-electron chi connectivity index (χ3n) is 3.24. The Morgan fingerprint density at radius 1 is 1.27 bits per heavy atom. The van der Waals surface area contributed by atoms with Crippen molar-refractivity contribution in [3.63, 3.8) is 0 Å². The molecule has 2 rings (SSSR count). The van der Waals surface area contributed by atoms with Crippen LogP contribution in [0.15, 0.2) is 28.8 Å². The molecule has 0 radical (unpaired) electrons. The fourth-order valence-electron chi connectivity index (χ4n) is 1.92. The number of hydrogen-bond acceptors (Lipinski definition) is 4. The van der Waals surface area contributed by atoms with E-state index >= 15 is 0 Å². The number of aromatic nitrogens is 2. The van der Waals surface area contributed by atoms with E-state index in [4.69, 9.17) is 4.52 Å². The number of carbonyl (C=O) groups is 1. The largest absolute Gasteiger partial charge is 0.345 e. The molecule has 0 aliphatic carbocycles. The van der Waals surface area contributed by atoms with Crippen LogP contribution in [0.25, 0.3) is 11.4 Å². The molecule has 1 N–H and O–H groups in total. The fourth-order valence-corrected chi connectivity index (χ4v) is 1.92. The predicted molar refractivity (Wildman–Crippen MR) is 80.3 cm³/mol. The van der Waals surface area contributed by atoms with Crippen molar-refractivity contribution >= 4 is 5.91 Å². The highest BCUT2D eigenvalue weighted by Gasteiger charge is 2.17. The summed E-state index contributed by atoms with van der Waals surface area (Å²) in [6.07, 6.45) is 1.31. The molecular weight excluding hydrogens is 285 g/mol. The third-order valence-corrected chi connectivity index (χ3v) is 3.24. The standard InChI is InChI=1S/C16H20FN3O2/c1-10(2)4-9-14(21)18-11(3)16-19-15(20-22-16)12-5-7-13(17)8-6-12/h5-8,10-11H,4,9H2,1-3H3,(H,18,21)/t11-/m0/s1. The van der Waals surface area contributed by atoms with Crippen LogP contribution < -0.4 is 5.32 Å². The molecule has 1 amide bonds. The first-order chi connectivity index (χ1) is 10.5. The summed E-state index contributed by atoms with van der Waals surface area (Å²) in [6, 6.07) is 5.47. The van der Waals surface area contributed by atoms with Crippen LogP contribution in [0.1, 0.15) is 45.5 Å². The molecule has 0 fully saturated rings. The maximum absolute atomic E-state index is 12.9. The Morgan fingerprint density at radius 2 is 1.95 bits per heavy atom. The molecule has 22 heavy (non-hydrogen) atoms. The molecule has 0 spiro atoms. The first-order valence-corrected chi connectivity index (χ1v) is 7.34. The van der Waals surface area contributed by atoms with Gasteiger partial charge in [0.15, 0.2) is 0 Å². The Kier molecular flexibility index (Phi) is 5.25. The molecule has 1 aromatic heterocycles. The van der Waals surface area contributed by atoms with Crippen LogP contribution in [0.2, 0.25) is 0 Å². The Hall–Kier alpha value is -2.24. The number of nitrogens with zero attached hydrogens (tertiary/aromatic N) is 2. The quantitative estimate of drug-likeness (QED) is 0.887. The zero-order chi connectivity index (χ0) is 16.1. The zero-order valence-electron chi connectivity index (χ0n) is 13.0. The van der Waals surface area contributed by atoms with Gasteiger partial charge in [-0.15, -0.1) is 0 Å². The summed E-state index contributed by atoms with van der Waals surface area (Å²) >= 11 is 0. The summed E-state index contributed by atoms with van der Waals surface area (Å²) in [6.45, 7) is 5.93. The van der Waals surface area contributed by atoms with Gasteiger partial charge in [-0.3, -0.25) is 4.79 Å². The number of hydrogen-bond donors (Lipinski definition) is 1. The molecular formula is C16H20FN3O2. The Balaban J connectivity index is 1.98. The van der Waals surface area contributed by atoms with E-state index in [0.717, 1.165) is 6.42 Å². The minimum Gasteiger partial charge on any atom is -0.345 e. The van der Waals surface area contributed by atoms with E-state index in [-0.39, 0.29) is 17.8 Å². The number of amides is 1. The topological polar surface area (TPSA) is 68.0 Å². The van der Waals surface area contributed by atoms with Crippen molar-refractivity contribution in [3.05, 3.63) is 36.0 Å². The van der Waals surface area contributed by atoms with Crippen LogP contribution in [-0.2, 0) is 4.79 Å². The second kappa shape index (κ2) is 7.15. The van der Waals surface area contributed by atoms with Gasteiger partial charge < -0.3 is 9.84 Å². The highest BCUT2D eigenvalue weighted by Crippen LogP contribution is 2.19. The average molecular weight is 305 g/mol. The summed E-state index contributed by atoms with van der Waals surface area (Å²) in [5.41, 5.74) is 0.662. The van der Waals surface area contributed by atoms with E-state index < -0.39 is 0 Å². The Bertz CT molecular complexity index is 623. The highest BCUT2D eigenvalue weighted by molar-refractivity contribution is 5.76. The number of rotatable bonds is 6. The van der Waals surface area contributed by atoms with Gasteiger partial charge in [-0.25, -0.2) is 4.39 Å².